The summed E-state index contributed by atoms with van der Waals surface area (Å²) in [5.41, 5.74) is 0. The van der Waals surface area contributed by atoms with E-state index in [0.29, 0.717) is 12.6 Å². The Morgan fingerprint density at radius 1 is 1.62 bits per heavy atom. The Morgan fingerprint density at radius 3 is 2.38 bits per heavy atom. The van der Waals surface area contributed by atoms with Crippen LogP contribution in [-0.2, 0) is 9.59 Å². The molecule has 0 amide bonds. The second-order valence-corrected chi connectivity index (χ2v) is 1.27. The Labute approximate surface area is 46.9 Å². The van der Waals surface area contributed by atoms with E-state index in [1.807, 2.05) is 0 Å². The average Bonchev–Trinajstić information content (AvgIpc) is 1.83. The molecule has 1 atom stereocenters. The molecule has 8 heavy (non-hydrogen) atoms. The van der Waals surface area contributed by atoms with Crippen molar-refractivity contribution in [2.24, 2.45) is 5.92 Å². The summed E-state index contributed by atoms with van der Waals surface area (Å²) in [6.07, 6.45) is 1.04. The maximum absolute atomic E-state index is 9.74. The van der Waals surface area contributed by atoms with Crippen LogP contribution in [0.2, 0.25) is 0 Å². The van der Waals surface area contributed by atoms with Crippen molar-refractivity contribution in [1.29, 1.82) is 5.26 Å². The zero-order valence-corrected chi connectivity index (χ0v) is 4.20. The number of rotatable bonds is 3. The molecule has 0 aliphatic heterocycles. The predicted molar refractivity (Wildman–Crippen MR) is 25.8 cm³/mol. The van der Waals surface area contributed by atoms with Gasteiger partial charge >= 0.3 is 0 Å². The number of carbonyl (C=O) groups excluding carboxylic acids is 2. The molecule has 3 nitrogen and oxygen atoms in total. The first-order valence-corrected chi connectivity index (χ1v) is 2.13. The minimum absolute atomic E-state index is 0.0139. The second kappa shape index (κ2) is 4.00. The fraction of sp³-hybridized carbons (Fsp3) is 0.400. The first-order valence-electron chi connectivity index (χ1n) is 2.13. The molecule has 0 saturated carbocycles. The third-order valence-corrected chi connectivity index (χ3v) is 0.680. The lowest BCUT2D eigenvalue weighted by atomic mass is 10.1. The van der Waals surface area contributed by atoms with Crippen LogP contribution < -0.4 is 0 Å². The molecule has 0 aromatic carbocycles. The molecule has 3 heteroatoms. The molecule has 0 bridgehead atoms. The Kier molecular flexibility index (Phi) is 3.42. The highest BCUT2D eigenvalue weighted by Crippen LogP contribution is 1.90. The van der Waals surface area contributed by atoms with Gasteiger partial charge in [-0.25, -0.2) is 0 Å². The Hall–Kier alpha value is -1.17. The van der Waals surface area contributed by atoms with Crippen molar-refractivity contribution < 1.29 is 9.59 Å². The molecule has 0 rings (SSSR count). The molecule has 0 spiro atoms. The van der Waals surface area contributed by atoms with Crippen molar-refractivity contribution in [3.05, 3.63) is 0 Å². The van der Waals surface area contributed by atoms with Gasteiger partial charge in [-0.1, -0.05) is 0 Å². The van der Waals surface area contributed by atoms with E-state index in [2.05, 4.69) is 0 Å². The average molecular weight is 111 g/mol. The van der Waals surface area contributed by atoms with Crippen LogP contribution in [0.15, 0.2) is 0 Å². The molecule has 1 unspecified atom stereocenters. The summed E-state index contributed by atoms with van der Waals surface area (Å²) in [6.45, 7) is 0. The van der Waals surface area contributed by atoms with Crippen LogP contribution in [0, 0.1) is 17.2 Å². The van der Waals surface area contributed by atoms with Gasteiger partial charge in [-0.2, -0.15) is 5.26 Å². The van der Waals surface area contributed by atoms with E-state index in [1.54, 1.807) is 6.07 Å². The minimum Gasteiger partial charge on any atom is -0.303 e. The zero-order valence-electron chi connectivity index (χ0n) is 4.20. The highest BCUT2D eigenvalue weighted by molar-refractivity contribution is 5.64. The minimum atomic E-state index is -0.743. The van der Waals surface area contributed by atoms with Crippen LogP contribution in [0.4, 0.5) is 0 Å². The van der Waals surface area contributed by atoms with Crippen molar-refractivity contribution in [3.8, 4) is 6.07 Å². The molecule has 0 aromatic heterocycles. The first kappa shape index (κ1) is 6.83. The largest absolute Gasteiger partial charge is 0.303 e. The molecule has 0 heterocycles. The van der Waals surface area contributed by atoms with Crippen molar-refractivity contribution in [1.82, 2.24) is 0 Å². The summed E-state index contributed by atoms with van der Waals surface area (Å²) < 4.78 is 0. The van der Waals surface area contributed by atoms with Gasteiger partial charge in [0.2, 0.25) is 0 Å². The van der Waals surface area contributed by atoms with E-state index >= 15 is 0 Å². The van der Waals surface area contributed by atoms with E-state index in [1.165, 1.54) is 0 Å². The maximum atomic E-state index is 9.74. The monoisotopic (exact) mass is 111 g/mol. The van der Waals surface area contributed by atoms with Crippen molar-refractivity contribution in [3.63, 3.8) is 0 Å². The lowest BCUT2D eigenvalue weighted by molar-refractivity contribution is -0.114. The molecule has 0 saturated heterocycles. The molecular weight excluding hydrogens is 106 g/mol. The fourth-order valence-electron chi connectivity index (χ4n) is 0.242. The standard InChI is InChI=1S/C5H5NO2/c6-3-5(4-8)1-2-7/h2,4-5H,1H2. The van der Waals surface area contributed by atoms with Gasteiger partial charge in [0.05, 0.1) is 6.07 Å². The number of hydrogen-bond acceptors (Lipinski definition) is 3. The topological polar surface area (TPSA) is 57.9 Å². The van der Waals surface area contributed by atoms with Gasteiger partial charge in [0.15, 0.2) is 0 Å². The van der Waals surface area contributed by atoms with E-state index in [9.17, 15) is 9.59 Å². The van der Waals surface area contributed by atoms with Crippen LogP contribution in [-0.4, -0.2) is 12.6 Å². The Balaban J connectivity index is 3.56. The molecule has 0 fully saturated rings. The first-order chi connectivity index (χ1) is 3.85. The summed E-state index contributed by atoms with van der Waals surface area (Å²) >= 11 is 0. The lowest BCUT2D eigenvalue weighted by Crippen LogP contribution is -1.97. The molecule has 42 valence electrons. The summed E-state index contributed by atoms with van der Waals surface area (Å²) in [6, 6.07) is 1.65. The van der Waals surface area contributed by atoms with Gasteiger partial charge in [-0.3, -0.25) is 0 Å². The third kappa shape index (κ3) is 2.08. The van der Waals surface area contributed by atoms with Gasteiger partial charge in [0.25, 0.3) is 0 Å². The molecule has 0 radical (unpaired) electrons. The molecule has 0 aliphatic rings. The van der Waals surface area contributed by atoms with Crippen molar-refractivity contribution in [2.75, 3.05) is 0 Å². The van der Waals surface area contributed by atoms with Gasteiger partial charge in [-0.15, -0.1) is 0 Å². The maximum Gasteiger partial charge on any atom is 0.137 e. The van der Waals surface area contributed by atoms with Crippen LogP contribution in [0.1, 0.15) is 6.42 Å². The second-order valence-electron chi connectivity index (χ2n) is 1.27. The third-order valence-electron chi connectivity index (χ3n) is 0.680. The van der Waals surface area contributed by atoms with E-state index in [-0.39, 0.29) is 6.42 Å². The summed E-state index contributed by atoms with van der Waals surface area (Å²) in [7, 11) is 0. The number of hydrogen-bond donors (Lipinski definition) is 0. The summed E-state index contributed by atoms with van der Waals surface area (Å²) in [4.78, 5) is 19.4. The highest BCUT2D eigenvalue weighted by Gasteiger charge is 2.01. The zero-order chi connectivity index (χ0) is 6.41. The fourth-order valence-corrected chi connectivity index (χ4v) is 0.242. The smallest absolute Gasteiger partial charge is 0.137 e. The quantitative estimate of drug-likeness (QED) is 0.478. The van der Waals surface area contributed by atoms with Crippen molar-refractivity contribution >= 4 is 12.6 Å². The number of nitrogens with zero attached hydrogens (tertiary/aromatic N) is 1. The van der Waals surface area contributed by atoms with Crippen LogP contribution in [0.25, 0.3) is 0 Å². The van der Waals surface area contributed by atoms with Gasteiger partial charge < -0.3 is 9.59 Å². The Bertz CT molecular complexity index is 125. The van der Waals surface area contributed by atoms with Crippen molar-refractivity contribution in [2.45, 2.75) is 6.42 Å². The van der Waals surface area contributed by atoms with Crippen LogP contribution in [0.3, 0.4) is 0 Å². The van der Waals surface area contributed by atoms with Crippen LogP contribution in [0.5, 0.6) is 0 Å². The molecule has 0 aromatic rings. The number of nitriles is 1. The van der Waals surface area contributed by atoms with E-state index in [0.717, 1.165) is 0 Å². The normalized spacial score (nSPS) is 11.4. The molecular formula is C5H5NO2. The van der Waals surface area contributed by atoms with Crippen LogP contribution >= 0.6 is 0 Å². The van der Waals surface area contributed by atoms with E-state index < -0.39 is 5.92 Å². The van der Waals surface area contributed by atoms with Gasteiger partial charge in [0.1, 0.15) is 18.5 Å². The number of aldehydes is 2. The van der Waals surface area contributed by atoms with E-state index in [4.69, 9.17) is 5.26 Å². The SMILES string of the molecule is N#CC(C=O)CC=O. The predicted octanol–water partition coefficient (Wildman–Crippen LogP) is -0.0859. The van der Waals surface area contributed by atoms with Gasteiger partial charge in [0, 0.05) is 6.42 Å². The summed E-state index contributed by atoms with van der Waals surface area (Å²) in [5.74, 6) is -0.743. The molecule has 0 aliphatic carbocycles. The molecule has 0 N–H and O–H groups in total. The Morgan fingerprint density at radius 2 is 2.25 bits per heavy atom. The lowest BCUT2D eigenvalue weighted by Gasteiger charge is -1.85. The highest BCUT2D eigenvalue weighted by atomic mass is 16.1. The van der Waals surface area contributed by atoms with Gasteiger partial charge in [-0.05, 0) is 0 Å². The summed E-state index contributed by atoms with van der Waals surface area (Å²) in [5, 5.41) is 8.02. The number of carbonyl (C=O) groups is 2.